The Morgan fingerprint density at radius 2 is 1.78 bits per heavy atom. The molecule has 1 saturated heterocycles. The van der Waals surface area contributed by atoms with Crippen LogP contribution in [0.15, 0.2) is 6.20 Å². The first-order valence-corrected chi connectivity index (χ1v) is 6.93. The van der Waals surface area contributed by atoms with E-state index in [0.717, 1.165) is 36.2 Å². The van der Waals surface area contributed by atoms with Gasteiger partial charge in [-0.25, -0.2) is 4.98 Å². The van der Waals surface area contributed by atoms with Crippen molar-refractivity contribution >= 4 is 5.82 Å². The maximum atomic E-state index is 4.65. The van der Waals surface area contributed by atoms with Crippen LogP contribution in [0.1, 0.15) is 45.0 Å². The van der Waals surface area contributed by atoms with Crippen LogP contribution in [-0.2, 0) is 0 Å². The van der Waals surface area contributed by atoms with Gasteiger partial charge in [0.05, 0.1) is 11.4 Å². The predicted molar refractivity (Wildman–Crippen MR) is 75.9 cm³/mol. The summed E-state index contributed by atoms with van der Waals surface area (Å²) < 4.78 is 0. The average molecular weight is 247 g/mol. The second kappa shape index (κ2) is 4.87. The first kappa shape index (κ1) is 13.3. The van der Waals surface area contributed by atoms with Crippen molar-refractivity contribution in [3.8, 4) is 0 Å². The molecule has 0 aromatic carbocycles. The van der Waals surface area contributed by atoms with E-state index in [4.69, 9.17) is 0 Å². The van der Waals surface area contributed by atoms with Crippen molar-refractivity contribution in [1.29, 1.82) is 0 Å². The summed E-state index contributed by atoms with van der Waals surface area (Å²) in [4.78, 5) is 11.5. The van der Waals surface area contributed by atoms with Gasteiger partial charge in [0.2, 0.25) is 0 Å². The van der Waals surface area contributed by atoms with Crippen molar-refractivity contribution in [2.75, 3.05) is 18.0 Å². The second-order valence-electron chi connectivity index (χ2n) is 6.55. The van der Waals surface area contributed by atoms with E-state index in [-0.39, 0.29) is 0 Å². The van der Waals surface area contributed by atoms with Gasteiger partial charge in [0.1, 0.15) is 5.82 Å². The molecule has 1 fully saturated rings. The summed E-state index contributed by atoms with van der Waals surface area (Å²) in [5.41, 5.74) is 2.49. The highest BCUT2D eigenvalue weighted by molar-refractivity contribution is 5.43. The van der Waals surface area contributed by atoms with Crippen LogP contribution in [0.25, 0.3) is 0 Å². The van der Waals surface area contributed by atoms with Gasteiger partial charge in [0.15, 0.2) is 0 Å². The molecule has 18 heavy (non-hydrogen) atoms. The molecule has 1 aromatic rings. The van der Waals surface area contributed by atoms with Crippen LogP contribution in [-0.4, -0.2) is 23.1 Å². The Hall–Kier alpha value is -1.12. The van der Waals surface area contributed by atoms with E-state index >= 15 is 0 Å². The lowest BCUT2D eigenvalue weighted by Gasteiger charge is -2.39. The van der Waals surface area contributed by atoms with E-state index in [0.29, 0.717) is 5.41 Å². The molecule has 0 radical (unpaired) electrons. The monoisotopic (exact) mass is 247 g/mol. The molecule has 0 spiro atoms. The number of aromatic nitrogens is 2. The number of rotatable bonds is 1. The highest BCUT2D eigenvalue weighted by Gasteiger charge is 2.29. The van der Waals surface area contributed by atoms with Crippen molar-refractivity contribution < 1.29 is 0 Å². The van der Waals surface area contributed by atoms with Crippen LogP contribution in [0.4, 0.5) is 5.82 Å². The van der Waals surface area contributed by atoms with Crippen LogP contribution in [0.2, 0.25) is 0 Å². The molecule has 0 amide bonds. The Morgan fingerprint density at radius 3 is 2.33 bits per heavy atom. The largest absolute Gasteiger partial charge is 0.355 e. The fourth-order valence-electron chi connectivity index (χ4n) is 2.78. The maximum absolute atomic E-state index is 4.65. The maximum Gasteiger partial charge on any atom is 0.150 e. The molecule has 1 aliphatic heterocycles. The van der Waals surface area contributed by atoms with Gasteiger partial charge < -0.3 is 4.90 Å². The Kier molecular flexibility index (Phi) is 3.60. The summed E-state index contributed by atoms with van der Waals surface area (Å²) in [7, 11) is 0. The molecule has 2 heterocycles. The van der Waals surface area contributed by atoms with E-state index in [1.54, 1.807) is 0 Å². The lowest BCUT2D eigenvalue weighted by molar-refractivity contribution is 0.198. The van der Waals surface area contributed by atoms with Crippen molar-refractivity contribution in [1.82, 2.24) is 9.97 Å². The summed E-state index contributed by atoms with van der Waals surface area (Å²) in [6, 6.07) is 0. The molecule has 3 heteroatoms. The molecule has 2 rings (SSSR count). The van der Waals surface area contributed by atoms with Gasteiger partial charge in [-0.2, -0.15) is 0 Å². The van der Waals surface area contributed by atoms with Crippen LogP contribution in [0.3, 0.4) is 0 Å². The van der Waals surface area contributed by atoms with Gasteiger partial charge in [-0.1, -0.05) is 20.8 Å². The zero-order valence-corrected chi connectivity index (χ0v) is 12.3. The smallest absolute Gasteiger partial charge is 0.150 e. The number of nitrogens with zero attached hydrogens (tertiary/aromatic N) is 3. The number of piperidine rings is 1. The topological polar surface area (TPSA) is 29.0 Å². The lowest BCUT2D eigenvalue weighted by atomic mass is 9.75. The second-order valence-corrected chi connectivity index (χ2v) is 6.55. The fraction of sp³-hybridized carbons (Fsp3) is 0.733. The van der Waals surface area contributed by atoms with E-state index < -0.39 is 0 Å². The minimum absolute atomic E-state index is 0.430. The van der Waals surface area contributed by atoms with E-state index in [2.05, 4.69) is 42.6 Å². The molecule has 0 unspecified atom stereocenters. The summed E-state index contributed by atoms with van der Waals surface area (Å²) in [6.45, 7) is 13.3. The first-order chi connectivity index (χ1) is 8.38. The Labute approximate surface area is 111 Å². The van der Waals surface area contributed by atoms with Crippen molar-refractivity contribution in [2.24, 2.45) is 11.3 Å². The number of hydrogen-bond acceptors (Lipinski definition) is 3. The molecular formula is C15H25N3. The standard InChI is InChI=1S/C15H25N3/c1-11-10-16-12(2)14(17-11)18-8-6-13(7-9-18)15(3,4)5/h10,13H,6-9H2,1-5H3. The molecule has 0 aliphatic carbocycles. The summed E-state index contributed by atoms with van der Waals surface area (Å²) in [5.74, 6) is 1.91. The van der Waals surface area contributed by atoms with E-state index in [1.165, 1.54) is 12.8 Å². The molecule has 0 N–H and O–H groups in total. The Bertz CT molecular complexity index is 412. The number of anilines is 1. The SMILES string of the molecule is Cc1cnc(C)c(N2CCC(C(C)(C)C)CC2)n1. The van der Waals surface area contributed by atoms with Crippen LogP contribution in [0.5, 0.6) is 0 Å². The normalized spacial score (nSPS) is 18.2. The molecular weight excluding hydrogens is 222 g/mol. The van der Waals surface area contributed by atoms with Crippen molar-refractivity contribution in [2.45, 2.75) is 47.5 Å². The quantitative estimate of drug-likeness (QED) is 0.762. The third kappa shape index (κ3) is 2.82. The molecule has 100 valence electrons. The zero-order chi connectivity index (χ0) is 13.3. The van der Waals surface area contributed by atoms with Crippen molar-refractivity contribution in [3.05, 3.63) is 17.6 Å². The molecule has 3 nitrogen and oxygen atoms in total. The highest BCUT2D eigenvalue weighted by atomic mass is 15.2. The van der Waals surface area contributed by atoms with Gasteiger partial charge in [0, 0.05) is 19.3 Å². The van der Waals surface area contributed by atoms with Crippen LogP contribution < -0.4 is 4.90 Å². The lowest BCUT2D eigenvalue weighted by Crippen LogP contribution is -2.38. The zero-order valence-electron chi connectivity index (χ0n) is 12.3. The first-order valence-electron chi connectivity index (χ1n) is 6.93. The number of hydrogen-bond donors (Lipinski definition) is 0. The summed E-state index contributed by atoms with van der Waals surface area (Å²) in [5, 5.41) is 0. The van der Waals surface area contributed by atoms with Crippen LogP contribution in [0, 0.1) is 25.2 Å². The van der Waals surface area contributed by atoms with Gasteiger partial charge in [-0.15, -0.1) is 0 Å². The van der Waals surface area contributed by atoms with Gasteiger partial charge >= 0.3 is 0 Å². The highest BCUT2D eigenvalue weighted by Crippen LogP contribution is 2.35. The molecule has 1 aliphatic rings. The third-order valence-electron chi connectivity index (χ3n) is 4.07. The Morgan fingerprint density at radius 1 is 1.17 bits per heavy atom. The summed E-state index contributed by atoms with van der Waals surface area (Å²) in [6.07, 6.45) is 4.37. The minimum atomic E-state index is 0.430. The van der Waals surface area contributed by atoms with E-state index in [1.807, 2.05) is 13.1 Å². The average Bonchev–Trinajstić information content (AvgIpc) is 2.31. The van der Waals surface area contributed by atoms with Gasteiger partial charge in [0.25, 0.3) is 0 Å². The van der Waals surface area contributed by atoms with Gasteiger partial charge in [-0.3, -0.25) is 4.98 Å². The van der Waals surface area contributed by atoms with Gasteiger partial charge in [-0.05, 0) is 38.0 Å². The number of aryl methyl sites for hydroxylation is 2. The van der Waals surface area contributed by atoms with Crippen LogP contribution >= 0.6 is 0 Å². The fourth-order valence-corrected chi connectivity index (χ4v) is 2.78. The molecule has 0 atom stereocenters. The Balaban J connectivity index is 2.08. The molecule has 1 aromatic heterocycles. The third-order valence-corrected chi connectivity index (χ3v) is 4.07. The molecule has 0 saturated carbocycles. The minimum Gasteiger partial charge on any atom is -0.355 e. The predicted octanol–water partition coefficient (Wildman–Crippen LogP) is 3.36. The van der Waals surface area contributed by atoms with E-state index in [9.17, 15) is 0 Å². The van der Waals surface area contributed by atoms with Crippen molar-refractivity contribution in [3.63, 3.8) is 0 Å². The summed E-state index contributed by atoms with van der Waals surface area (Å²) >= 11 is 0. The molecule has 0 bridgehead atoms.